The fourth-order valence-electron chi connectivity index (χ4n) is 5.32. The average molecular weight is 557 g/mol. The number of benzene rings is 3. The minimum atomic E-state index is -2.31. The van der Waals surface area contributed by atoms with Crippen LogP contribution in [-0.4, -0.2) is 34.3 Å². The Morgan fingerprint density at radius 1 is 0.846 bits per heavy atom. The van der Waals surface area contributed by atoms with Gasteiger partial charge in [0.1, 0.15) is 18.1 Å². The van der Waals surface area contributed by atoms with Gasteiger partial charge >= 0.3 is 0 Å². The Morgan fingerprint density at radius 3 is 1.69 bits per heavy atom. The van der Waals surface area contributed by atoms with Crippen LogP contribution >= 0.6 is 11.8 Å². The Hall–Kier alpha value is -3.13. The first-order valence-corrected chi connectivity index (χ1v) is 17.2. The first-order chi connectivity index (χ1) is 18.6. The molecule has 3 atom stereocenters. The normalized spacial score (nSPS) is 19.0. The van der Waals surface area contributed by atoms with E-state index in [1.165, 1.54) is 6.26 Å². The van der Waals surface area contributed by atoms with Crippen molar-refractivity contribution in [2.75, 3.05) is 0 Å². The van der Waals surface area contributed by atoms with E-state index >= 15 is 0 Å². The third kappa shape index (κ3) is 4.66. The maximum Gasteiger partial charge on any atom is 0.224 e. The van der Waals surface area contributed by atoms with Crippen LogP contribution in [0.4, 0.5) is 0 Å². The van der Waals surface area contributed by atoms with Crippen molar-refractivity contribution in [3.63, 3.8) is 0 Å². The van der Waals surface area contributed by atoms with Gasteiger partial charge in [-0.15, -0.1) is 11.8 Å². The molecule has 2 heterocycles. The van der Waals surface area contributed by atoms with Crippen molar-refractivity contribution >= 4 is 25.9 Å². The summed E-state index contributed by atoms with van der Waals surface area (Å²) in [5.74, 6) is -0.664. The highest BCUT2D eigenvalue weighted by Gasteiger charge is 2.62. The predicted molar refractivity (Wildman–Crippen MR) is 160 cm³/mol. The molecule has 202 valence electrons. The van der Waals surface area contributed by atoms with Gasteiger partial charge in [0, 0.05) is 6.07 Å². The summed E-state index contributed by atoms with van der Waals surface area (Å²) in [5.41, 5.74) is 3.75. The molecule has 7 heteroatoms. The van der Waals surface area contributed by atoms with Gasteiger partial charge in [-0.1, -0.05) is 130 Å². The number of aliphatic hydroxyl groups excluding tert-OH is 1. The van der Waals surface area contributed by atoms with Gasteiger partial charge in [-0.3, -0.25) is 4.79 Å². The van der Waals surface area contributed by atoms with Crippen molar-refractivity contribution in [2.45, 2.75) is 55.1 Å². The number of aliphatic hydroxyl groups is 1. The molecule has 5 nitrogen and oxygen atoms in total. The van der Waals surface area contributed by atoms with Crippen LogP contribution in [0.1, 0.15) is 49.3 Å². The second-order valence-corrected chi connectivity index (χ2v) is 18.1. The SMILES string of the molecule is CC(C)(C)[Si](C)(C)N1C(=O)C(C(O)c2ccon2)C1SC(c1ccccc1)(c1ccccc1)c1ccccc1. The van der Waals surface area contributed by atoms with Crippen molar-refractivity contribution in [3.8, 4) is 0 Å². The monoisotopic (exact) mass is 556 g/mol. The Labute approximate surface area is 236 Å². The standard InChI is InChI=1S/C32H36N2O3SSi/c1-31(2,3)39(4,5)34-29(36)27(28(35)26-21-22-37-33-26)30(34)38-32(23-15-9-6-10-16-23,24-17-11-7-12-18-24)25-19-13-8-14-20-25/h6-22,27-28,30,35H,1-5H3. The van der Waals surface area contributed by atoms with E-state index in [-0.39, 0.29) is 16.3 Å². The zero-order valence-electron chi connectivity index (χ0n) is 23.1. The van der Waals surface area contributed by atoms with Crippen molar-refractivity contribution in [1.29, 1.82) is 0 Å². The molecule has 0 radical (unpaired) electrons. The first kappa shape index (κ1) is 27.4. The number of hydrogen-bond donors (Lipinski definition) is 1. The zero-order chi connectivity index (χ0) is 27.8. The Balaban J connectivity index is 1.73. The molecule has 4 aromatic rings. The molecular formula is C32H36N2O3SSi. The number of carbonyl (C=O) groups excluding carboxylic acids is 1. The second-order valence-electron chi connectivity index (χ2n) is 11.7. The van der Waals surface area contributed by atoms with Gasteiger partial charge in [-0.05, 0) is 21.7 Å². The molecule has 1 aromatic heterocycles. The number of aromatic nitrogens is 1. The maximum atomic E-state index is 14.0. The van der Waals surface area contributed by atoms with Crippen LogP contribution in [0.15, 0.2) is 108 Å². The fourth-order valence-corrected chi connectivity index (χ4v) is 10.3. The largest absolute Gasteiger partial charge is 0.386 e. The highest BCUT2D eigenvalue weighted by molar-refractivity contribution is 8.01. The van der Waals surface area contributed by atoms with E-state index in [0.717, 1.165) is 16.7 Å². The van der Waals surface area contributed by atoms with Crippen LogP contribution in [0.3, 0.4) is 0 Å². The molecular weight excluding hydrogens is 521 g/mol. The summed E-state index contributed by atoms with van der Waals surface area (Å²) >= 11 is 1.75. The Bertz CT molecular complexity index is 1290. The van der Waals surface area contributed by atoms with Crippen LogP contribution in [0.25, 0.3) is 0 Å². The molecule has 1 saturated heterocycles. The van der Waals surface area contributed by atoms with E-state index in [9.17, 15) is 9.90 Å². The first-order valence-electron chi connectivity index (χ1n) is 13.3. The van der Waals surface area contributed by atoms with Crippen molar-refractivity contribution < 1.29 is 14.4 Å². The summed E-state index contributed by atoms with van der Waals surface area (Å²) in [5, 5.41) is 15.1. The van der Waals surface area contributed by atoms with E-state index in [2.05, 4.69) is 116 Å². The van der Waals surface area contributed by atoms with Crippen LogP contribution in [-0.2, 0) is 9.54 Å². The average Bonchev–Trinajstić information content (AvgIpc) is 3.47. The molecule has 1 aliphatic rings. The Kier molecular flexibility index (Phi) is 7.35. The summed E-state index contributed by atoms with van der Waals surface area (Å²) in [4.78, 5) is 14.0. The van der Waals surface area contributed by atoms with E-state index in [4.69, 9.17) is 4.52 Å². The smallest absolute Gasteiger partial charge is 0.224 e. The van der Waals surface area contributed by atoms with Gasteiger partial charge in [0.05, 0.1) is 16.0 Å². The summed E-state index contributed by atoms with van der Waals surface area (Å²) in [6, 6.07) is 33.1. The molecule has 1 N–H and O–H groups in total. The molecule has 1 amide bonds. The van der Waals surface area contributed by atoms with Crippen LogP contribution < -0.4 is 0 Å². The second kappa shape index (κ2) is 10.4. The van der Waals surface area contributed by atoms with Gasteiger partial charge < -0.3 is 14.2 Å². The minimum absolute atomic E-state index is 0.0160. The lowest BCUT2D eigenvalue weighted by Crippen LogP contribution is -2.73. The van der Waals surface area contributed by atoms with Crippen LogP contribution in [0.2, 0.25) is 18.1 Å². The molecule has 0 aliphatic carbocycles. The van der Waals surface area contributed by atoms with Gasteiger partial charge in [0.2, 0.25) is 5.91 Å². The number of hydrogen-bond acceptors (Lipinski definition) is 5. The van der Waals surface area contributed by atoms with Crippen molar-refractivity contribution in [2.24, 2.45) is 5.92 Å². The van der Waals surface area contributed by atoms with Crippen LogP contribution in [0, 0.1) is 5.92 Å². The number of amides is 1. The summed E-state index contributed by atoms with van der Waals surface area (Å²) in [7, 11) is -2.31. The highest BCUT2D eigenvalue weighted by atomic mass is 32.2. The number of carbonyl (C=O) groups is 1. The molecule has 3 aromatic carbocycles. The minimum Gasteiger partial charge on any atom is -0.386 e. The van der Waals surface area contributed by atoms with E-state index in [1.807, 2.05) is 18.2 Å². The molecule has 1 fully saturated rings. The number of nitrogens with zero attached hydrogens (tertiary/aromatic N) is 2. The van der Waals surface area contributed by atoms with Gasteiger partial charge in [-0.2, -0.15) is 0 Å². The maximum absolute atomic E-state index is 14.0. The molecule has 0 spiro atoms. The van der Waals surface area contributed by atoms with Crippen molar-refractivity contribution in [3.05, 3.63) is 126 Å². The number of β-lactam (4-membered cyclic amide) rings is 1. The van der Waals surface area contributed by atoms with Gasteiger partial charge in [-0.25, -0.2) is 0 Å². The summed E-state index contributed by atoms with van der Waals surface area (Å²) < 4.78 is 6.54. The van der Waals surface area contributed by atoms with E-state index in [0.29, 0.717) is 5.69 Å². The highest BCUT2D eigenvalue weighted by Crippen LogP contribution is 2.58. The van der Waals surface area contributed by atoms with Gasteiger partial charge in [0.25, 0.3) is 0 Å². The lowest BCUT2D eigenvalue weighted by molar-refractivity contribution is -0.150. The Morgan fingerprint density at radius 2 is 1.31 bits per heavy atom. The topological polar surface area (TPSA) is 66.6 Å². The molecule has 0 bridgehead atoms. The fraction of sp³-hybridized carbons (Fsp3) is 0.312. The summed E-state index contributed by atoms with van der Waals surface area (Å²) in [6.45, 7) is 11.2. The van der Waals surface area contributed by atoms with E-state index < -0.39 is 25.0 Å². The lowest BCUT2D eigenvalue weighted by atomic mass is 9.84. The quantitative estimate of drug-likeness (QED) is 0.141. The molecule has 1 aliphatic heterocycles. The zero-order valence-corrected chi connectivity index (χ0v) is 24.9. The van der Waals surface area contributed by atoms with Crippen molar-refractivity contribution in [1.82, 2.24) is 9.72 Å². The third-order valence-electron chi connectivity index (χ3n) is 8.46. The lowest BCUT2D eigenvalue weighted by Gasteiger charge is -2.60. The van der Waals surface area contributed by atoms with Gasteiger partial charge in [0.15, 0.2) is 8.24 Å². The predicted octanol–water partition coefficient (Wildman–Crippen LogP) is 7.22. The van der Waals surface area contributed by atoms with E-state index in [1.54, 1.807) is 17.8 Å². The molecule has 39 heavy (non-hydrogen) atoms. The van der Waals surface area contributed by atoms with Crippen LogP contribution in [0.5, 0.6) is 0 Å². The summed E-state index contributed by atoms with van der Waals surface area (Å²) in [6.07, 6.45) is 0.382. The molecule has 0 saturated carbocycles. The molecule has 5 rings (SSSR count). The molecule has 3 unspecified atom stereocenters. The number of rotatable bonds is 8. The third-order valence-corrected chi connectivity index (χ3v) is 15.8. The number of thioether (sulfide) groups is 1.